The van der Waals surface area contributed by atoms with E-state index in [1.807, 2.05) is 19.1 Å². The summed E-state index contributed by atoms with van der Waals surface area (Å²) in [7, 11) is 0. The summed E-state index contributed by atoms with van der Waals surface area (Å²) in [5.41, 5.74) is 3.89. The van der Waals surface area contributed by atoms with Crippen molar-refractivity contribution in [3.63, 3.8) is 0 Å². The van der Waals surface area contributed by atoms with Gasteiger partial charge in [0, 0.05) is 24.4 Å². The van der Waals surface area contributed by atoms with Crippen molar-refractivity contribution < 1.29 is 9.32 Å². The molecule has 0 bridgehead atoms. The van der Waals surface area contributed by atoms with E-state index in [4.69, 9.17) is 4.52 Å². The highest BCUT2D eigenvalue weighted by Gasteiger charge is 2.25. The first-order chi connectivity index (χ1) is 12.2. The van der Waals surface area contributed by atoms with Crippen molar-refractivity contribution in [2.75, 3.05) is 0 Å². The number of carbonyl (C=O) groups is 1. The van der Waals surface area contributed by atoms with E-state index < -0.39 is 0 Å². The molecule has 1 N–H and O–H groups in total. The highest BCUT2D eigenvalue weighted by Crippen LogP contribution is 2.33. The lowest BCUT2D eigenvalue weighted by molar-refractivity contribution is 0.0936. The molecule has 2 heterocycles. The van der Waals surface area contributed by atoms with Gasteiger partial charge in [-0.1, -0.05) is 24.2 Å². The molecule has 1 atom stereocenters. The Morgan fingerprint density at radius 2 is 2.28 bits per heavy atom. The molecule has 2 aromatic heterocycles. The minimum Gasteiger partial charge on any atom is -0.345 e. The number of aryl methyl sites for hydroxylation is 2. The zero-order valence-electron chi connectivity index (χ0n) is 13.9. The Hall–Kier alpha value is -3.02. The van der Waals surface area contributed by atoms with Gasteiger partial charge < -0.3 is 9.84 Å². The molecule has 0 saturated carbocycles. The summed E-state index contributed by atoms with van der Waals surface area (Å²) < 4.78 is 5.19. The minimum atomic E-state index is -0.0965. The van der Waals surface area contributed by atoms with Crippen molar-refractivity contribution in [3.8, 4) is 11.4 Å². The third kappa shape index (κ3) is 3.03. The number of nitrogens with zero attached hydrogens (tertiary/aromatic N) is 3. The van der Waals surface area contributed by atoms with Crippen LogP contribution < -0.4 is 5.32 Å². The number of hydrogen-bond acceptors (Lipinski definition) is 5. The lowest BCUT2D eigenvalue weighted by atomic mass is 10.0. The Morgan fingerprint density at radius 3 is 3.04 bits per heavy atom. The highest BCUT2D eigenvalue weighted by molar-refractivity contribution is 5.94. The van der Waals surface area contributed by atoms with Gasteiger partial charge in [0.2, 0.25) is 11.7 Å². The number of aromatic nitrogens is 3. The van der Waals surface area contributed by atoms with Crippen LogP contribution in [0.15, 0.2) is 47.2 Å². The van der Waals surface area contributed by atoms with Crippen LogP contribution in [0.1, 0.15) is 46.8 Å². The van der Waals surface area contributed by atoms with Crippen LogP contribution in [-0.4, -0.2) is 21.0 Å². The quantitative estimate of drug-likeness (QED) is 0.793. The maximum atomic E-state index is 12.4. The molecule has 0 aliphatic heterocycles. The molecule has 25 heavy (non-hydrogen) atoms. The molecule has 0 fully saturated rings. The molecule has 1 aromatic carbocycles. The number of carbonyl (C=O) groups excluding carboxylic acids is 1. The predicted octanol–water partition coefficient (Wildman–Crippen LogP) is 3.11. The normalized spacial score (nSPS) is 15.8. The van der Waals surface area contributed by atoms with Crippen molar-refractivity contribution in [2.45, 2.75) is 32.2 Å². The van der Waals surface area contributed by atoms with Crippen molar-refractivity contribution in [1.82, 2.24) is 20.4 Å². The van der Waals surface area contributed by atoms with Gasteiger partial charge in [-0.2, -0.15) is 4.98 Å². The Morgan fingerprint density at radius 1 is 1.36 bits per heavy atom. The first-order valence-corrected chi connectivity index (χ1v) is 8.41. The summed E-state index contributed by atoms with van der Waals surface area (Å²) in [4.78, 5) is 20.7. The largest absolute Gasteiger partial charge is 0.345 e. The maximum Gasteiger partial charge on any atom is 0.253 e. The summed E-state index contributed by atoms with van der Waals surface area (Å²) in [6, 6.07) is 9.68. The smallest absolute Gasteiger partial charge is 0.253 e. The van der Waals surface area contributed by atoms with Crippen LogP contribution in [0.25, 0.3) is 11.4 Å². The second kappa shape index (κ2) is 6.47. The fraction of sp³-hybridized carbons (Fsp3) is 0.263. The lowest BCUT2D eigenvalue weighted by Crippen LogP contribution is -2.27. The van der Waals surface area contributed by atoms with Crippen LogP contribution in [0.5, 0.6) is 0 Å². The number of nitrogens with one attached hydrogen (secondary N) is 1. The van der Waals surface area contributed by atoms with Crippen molar-refractivity contribution >= 4 is 5.91 Å². The second-order valence-corrected chi connectivity index (χ2v) is 6.09. The van der Waals surface area contributed by atoms with Crippen LogP contribution in [0.2, 0.25) is 0 Å². The van der Waals surface area contributed by atoms with E-state index in [0.29, 0.717) is 17.3 Å². The molecule has 0 unspecified atom stereocenters. The standard InChI is InChI=1S/C19H18N4O2/c1-2-17-22-18(23-25-17)13-5-7-15-12(10-13)6-8-16(15)21-19(24)14-4-3-9-20-11-14/h3-5,7,9-11,16H,2,6,8H2,1H3,(H,21,24)/t16-/m1/s1. The van der Waals surface area contributed by atoms with Gasteiger partial charge in [-0.15, -0.1) is 0 Å². The van der Waals surface area contributed by atoms with Gasteiger partial charge >= 0.3 is 0 Å². The SMILES string of the molecule is CCc1nc(-c2ccc3c(c2)CC[C@H]3NC(=O)c2cccnc2)no1. The number of benzene rings is 1. The summed E-state index contributed by atoms with van der Waals surface area (Å²) in [5, 5.41) is 7.12. The van der Waals surface area contributed by atoms with Crippen molar-refractivity contribution in [1.29, 1.82) is 0 Å². The first-order valence-electron chi connectivity index (χ1n) is 8.41. The number of amides is 1. The van der Waals surface area contributed by atoms with E-state index in [1.54, 1.807) is 24.5 Å². The molecular weight excluding hydrogens is 316 g/mol. The molecular formula is C19H18N4O2. The van der Waals surface area contributed by atoms with Crippen molar-refractivity contribution in [3.05, 3.63) is 65.3 Å². The van der Waals surface area contributed by atoms with Crippen LogP contribution in [0, 0.1) is 0 Å². The fourth-order valence-electron chi connectivity index (χ4n) is 3.16. The molecule has 1 aliphatic carbocycles. The summed E-state index contributed by atoms with van der Waals surface area (Å²) >= 11 is 0. The molecule has 0 radical (unpaired) electrons. The molecule has 3 aromatic rings. The Kier molecular flexibility index (Phi) is 4.01. The average molecular weight is 334 g/mol. The zero-order chi connectivity index (χ0) is 17.2. The Bertz CT molecular complexity index is 905. The third-order valence-corrected chi connectivity index (χ3v) is 4.48. The van der Waals surface area contributed by atoms with Crippen molar-refractivity contribution in [2.24, 2.45) is 0 Å². The molecule has 4 rings (SSSR count). The number of fused-ring (bicyclic) bond motifs is 1. The molecule has 6 heteroatoms. The number of pyridine rings is 1. The Balaban J connectivity index is 1.54. The lowest BCUT2D eigenvalue weighted by Gasteiger charge is -2.14. The third-order valence-electron chi connectivity index (χ3n) is 4.48. The molecule has 6 nitrogen and oxygen atoms in total. The van der Waals surface area contributed by atoms with Gasteiger partial charge in [0.05, 0.1) is 11.6 Å². The molecule has 126 valence electrons. The summed E-state index contributed by atoms with van der Waals surface area (Å²) in [5.74, 6) is 1.15. The zero-order valence-corrected chi connectivity index (χ0v) is 13.9. The number of hydrogen-bond donors (Lipinski definition) is 1. The van der Waals surface area contributed by atoms with Crippen LogP contribution in [-0.2, 0) is 12.8 Å². The number of rotatable bonds is 4. The van der Waals surface area contributed by atoms with Crippen LogP contribution >= 0.6 is 0 Å². The summed E-state index contributed by atoms with van der Waals surface area (Å²) in [6.45, 7) is 1.98. The van der Waals surface area contributed by atoms with E-state index in [0.717, 1.165) is 30.4 Å². The molecule has 0 spiro atoms. The van der Waals surface area contributed by atoms with Gasteiger partial charge in [0.15, 0.2) is 0 Å². The second-order valence-electron chi connectivity index (χ2n) is 6.09. The molecule has 1 amide bonds. The van der Waals surface area contributed by atoms with E-state index in [2.05, 4.69) is 26.5 Å². The van der Waals surface area contributed by atoms with Gasteiger partial charge in [0.1, 0.15) is 0 Å². The topological polar surface area (TPSA) is 80.9 Å². The van der Waals surface area contributed by atoms with E-state index >= 15 is 0 Å². The van der Waals surface area contributed by atoms with Gasteiger partial charge in [-0.25, -0.2) is 0 Å². The predicted molar refractivity (Wildman–Crippen MR) is 91.9 cm³/mol. The van der Waals surface area contributed by atoms with Gasteiger partial charge in [-0.3, -0.25) is 9.78 Å². The van der Waals surface area contributed by atoms with E-state index in [1.165, 1.54) is 5.56 Å². The van der Waals surface area contributed by atoms with Gasteiger partial charge in [0.25, 0.3) is 5.91 Å². The van der Waals surface area contributed by atoms with Crippen LogP contribution in [0.3, 0.4) is 0 Å². The van der Waals surface area contributed by atoms with Gasteiger partial charge in [-0.05, 0) is 42.2 Å². The highest BCUT2D eigenvalue weighted by atomic mass is 16.5. The maximum absolute atomic E-state index is 12.4. The Labute approximate surface area is 145 Å². The average Bonchev–Trinajstić information content (AvgIpc) is 3.29. The monoisotopic (exact) mass is 334 g/mol. The fourth-order valence-corrected chi connectivity index (χ4v) is 3.16. The minimum absolute atomic E-state index is 0.0215. The molecule has 1 aliphatic rings. The van der Waals surface area contributed by atoms with E-state index in [9.17, 15) is 4.79 Å². The van der Waals surface area contributed by atoms with Crippen LogP contribution in [0.4, 0.5) is 0 Å². The molecule has 0 saturated heterocycles. The first kappa shape index (κ1) is 15.5. The van der Waals surface area contributed by atoms with E-state index in [-0.39, 0.29) is 11.9 Å². The summed E-state index contributed by atoms with van der Waals surface area (Å²) in [6.07, 6.45) is 5.76.